The SMILES string of the molecule is C=C(C)C1CC=C(C)/C(=N\NC(=O)COc2cccc(C)c2)C1. The van der Waals surface area contributed by atoms with E-state index in [0.29, 0.717) is 11.7 Å². The molecule has 0 saturated heterocycles. The van der Waals surface area contributed by atoms with Crippen molar-refractivity contribution in [3.63, 3.8) is 0 Å². The number of nitrogens with zero attached hydrogens (tertiary/aromatic N) is 1. The smallest absolute Gasteiger partial charge is 0.277 e. The van der Waals surface area contributed by atoms with E-state index < -0.39 is 0 Å². The minimum Gasteiger partial charge on any atom is -0.484 e. The van der Waals surface area contributed by atoms with E-state index in [1.807, 2.05) is 45.0 Å². The van der Waals surface area contributed by atoms with Crippen molar-refractivity contribution >= 4 is 11.6 Å². The third kappa shape index (κ3) is 5.09. The van der Waals surface area contributed by atoms with E-state index in [0.717, 1.165) is 35.3 Å². The van der Waals surface area contributed by atoms with Gasteiger partial charge in [0.05, 0.1) is 5.71 Å². The zero-order valence-corrected chi connectivity index (χ0v) is 14.1. The van der Waals surface area contributed by atoms with E-state index >= 15 is 0 Å². The molecule has 4 nitrogen and oxygen atoms in total. The number of carbonyl (C=O) groups is 1. The van der Waals surface area contributed by atoms with Gasteiger partial charge < -0.3 is 4.74 Å². The summed E-state index contributed by atoms with van der Waals surface area (Å²) in [4.78, 5) is 11.9. The van der Waals surface area contributed by atoms with Crippen LogP contribution in [0.15, 0.2) is 53.2 Å². The summed E-state index contributed by atoms with van der Waals surface area (Å²) in [6.07, 6.45) is 3.96. The molecule has 1 aliphatic carbocycles. The van der Waals surface area contributed by atoms with E-state index in [1.54, 1.807) is 0 Å². The topological polar surface area (TPSA) is 50.7 Å². The van der Waals surface area contributed by atoms with Crippen LogP contribution in [0.25, 0.3) is 0 Å². The Bertz CT molecular complexity index is 659. The quantitative estimate of drug-likeness (QED) is 0.664. The molecule has 1 unspecified atom stereocenters. The summed E-state index contributed by atoms with van der Waals surface area (Å²) in [6, 6.07) is 7.61. The first-order valence-electron chi connectivity index (χ1n) is 7.83. The first kappa shape index (κ1) is 17.0. The number of hydrogen-bond acceptors (Lipinski definition) is 3. The van der Waals surface area contributed by atoms with Gasteiger partial charge in [-0.2, -0.15) is 5.10 Å². The molecule has 0 bridgehead atoms. The second-order valence-corrected chi connectivity index (χ2v) is 6.07. The highest BCUT2D eigenvalue weighted by atomic mass is 16.5. The van der Waals surface area contributed by atoms with Gasteiger partial charge in [0, 0.05) is 0 Å². The Labute approximate surface area is 137 Å². The van der Waals surface area contributed by atoms with E-state index in [-0.39, 0.29) is 12.5 Å². The molecular weight excluding hydrogens is 288 g/mol. The van der Waals surface area contributed by atoms with Crippen LogP contribution in [0, 0.1) is 12.8 Å². The van der Waals surface area contributed by atoms with Crippen LogP contribution in [0.4, 0.5) is 0 Å². The molecule has 1 aromatic carbocycles. The minimum atomic E-state index is -0.260. The van der Waals surface area contributed by atoms with Crippen LogP contribution in [-0.4, -0.2) is 18.2 Å². The minimum absolute atomic E-state index is 0.0487. The summed E-state index contributed by atoms with van der Waals surface area (Å²) in [7, 11) is 0. The predicted molar refractivity (Wildman–Crippen MR) is 93.5 cm³/mol. The van der Waals surface area contributed by atoms with Crippen molar-refractivity contribution in [2.45, 2.75) is 33.6 Å². The fraction of sp³-hybridized carbons (Fsp3) is 0.368. The van der Waals surface area contributed by atoms with Crippen molar-refractivity contribution in [2.24, 2.45) is 11.0 Å². The number of allylic oxidation sites excluding steroid dienone is 3. The zero-order valence-electron chi connectivity index (χ0n) is 14.1. The molecule has 2 rings (SSSR count). The van der Waals surface area contributed by atoms with Gasteiger partial charge in [-0.3, -0.25) is 4.79 Å². The molecule has 1 aliphatic rings. The van der Waals surface area contributed by atoms with Gasteiger partial charge in [0.1, 0.15) is 5.75 Å². The number of hydrazone groups is 1. The second kappa shape index (κ2) is 7.77. The molecule has 0 radical (unpaired) electrons. The normalized spacial score (nSPS) is 19.2. The summed E-state index contributed by atoms with van der Waals surface area (Å²) < 4.78 is 5.46. The molecule has 0 aliphatic heterocycles. The van der Waals surface area contributed by atoms with E-state index in [9.17, 15) is 4.79 Å². The monoisotopic (exact) mass is 312 g/mol. The fourth-order valence-electron chi connectivity index (χ4n) is 2.44. The number of ether oxygens (including phenoxy) is 1. The van der Waals surface area contributed by atoms with Crippen molar-refractivity contribution in [3.8, 4) is 5.75 Å². The summed E-state index contributed by atoms with van der Waals surface area (Å²) in [6.45, 7) is 9.99. The number of carbonyl (C=O) groups excluding carboxylic acids is 1. The van der Waals surface area contributed by atoms with Gasteiger partial charge in [0.25, 0.3) is 5.91 Å². The van der Waals surface area contributed by atoms with Crippen LogP contribution >= 0.6 is 0 Å². The molecule has 0 heterocycles. The lowest BCUT2D eigenvalue weighted by atomic mass is 9.85. The first-order chi connectivity index (χ1) is 11.0. The van der Waals surface area contributed by atoms with E-state index in [4.69, 9.17) is 4.74 Å². The van der Waals surface area contributed by atoms with Crippen molar-refractivity contribution in [3.05, 3.63) is 53.6 Å². The number of amides is 1. The number of aryl methyl sites for hydroxylation is 1. The largest absolute Gasteiger partial charge is 0.484 e. The van der Waals surface area contributed by atoms with Gasteiger partial charge >= 0.3 is 0 Å². The molecule has 0 saturated carbocycles. The number of rotatable bonds is 5. The van der Waals surface area contributed by atoms with Crippen molar-refractivity contribution in [1.29, 1.82) is 0 Å². The van der Waals surface area contributed by atoms with Crippen LogP contribution in [0.3, 0.4) is 0 Å². The van der Waals surface area contributed by atoms with Gasteiger partial charge in [-0.15, -0.1) is 0 Å². The average Bonchev–Trinajstić information content (AvgIpc) is 2.52. The van der Waals surface area contributed by atoms with Crippen molar-refractivity contribution < 1.29 is 9.53 Å². The van der Waals surface area contributed by atoms with Crippen LogP contribution in [0.1, 0.15) is 32.3 Å². The third-order valence-electron chi connectivity index (χ3n) is 3.98. The van der Waals surface area contributed by atoms with Gasteiger partial charge in [0.15, 0.2) is 6.61 Å². The molecule has 1 aromatic rings. The van der Waals surface area contributed by atoms with Crippen molar-refractivity contribution in [1.82, 2.24) is 5.43 Å². The molecule has 1 amide bonds. The Kier molecular flexibility index (Phi) is 5.74. The Morgan fingerprint density at radius 1 is 1.43 bits per heavy atom. The zero-order chi connectivity index (χ0) is 16.8. The van der Waals surface area contributed by atoms with E-state index in [1.165, 1.54) is 0 Å². The number of hydrogen-bond donors (Lipinski definition) is 1. The summed E-state index contributed by atoms with van der Waals surface area (Å²) in [5, 5.41) is 4.25. The predicted octanol–water partition coefficient (Wildman–Crippen LogP) is 3.78. The molecule has 0 fully saturated rings. The first-order valence-corrected chi connectivity index (χ1v) is 7.83. The van der Waals surface area contributed by atoms with Gasteiger partial charge in [0.2, 0.25) is 0 Å². The molecule has 0 aromatic heterocycles. The second-order valence-electron chi connectivity index (χ2n) is 6.07. The summed E-state index contributed by atoms with van der Waals surface area (Å²) >= 11 is 0. The Hall–Kier alpha value is -2.36. The maximum Gasteiger partial charge on any atom is 0.277 e. The summed E-state index contributed by atoms with van der Waals surface area (Å²) in [5.74, 6) is 0.825. The maximum atomic E-state index is 11.9. The molecule has 122 valence electrons. The molecule has 23 heavy (non-hydrogen) atoms. The number of nitrogens with one attached hydrogen (secondary N) is 1. The van der Waals surface area contributed by atoms with Crippen molar-refractivity contribution in [2.75, 3.05) is 6.61 Å². The van der Waals surface area contributed by atoms with Crippen LogP contribution in [-0.2, 0) is 4.79 Å². The Morgan fingerprint density at radius 3 is 2.91 bits per heavy atom. The van der Waals surface area contributed by atoms with Crippen LogP contribution < -0.4 is 10.2 Å². The maximum absolute atomic E-state index is 11.9. The highest BCUT2D eigenvalue weighted by Gasteiger charge is 2.18. The van der Waals surface area contributed by atoms with Gasteiger partial charge in [-0.25, -0.2) is 5.43 Å². The van der Waals surface area contributed by atoms with Gasteiger partial charge in [-0.1, -0.05) is 30.4 Å². The van der Waals surface area contributed by atoms with Crippen LogP contribution in [0.5, 0.6) is 5.75 Å². The highest BCUT2D eigenvalue weighted by molar-refractivity contribution is 6.01. The molecule has 4 heteroatoms. The summed E-state index contributed by atoms with van der Waals surface area (Å²) in [5.41, 5.74) is 6.85. The molecular formula is C19H24N2O2. The third-order valence-corrected chi connectivity index (χ3v) is 3.98. The molecule has 1 atom stereocenters. The Balaban J connectivity index is 1.88. The van der Waals surface area contributed by atoms with Gasteiger partial charge in [-0.05, 0) is 62.8 Å². The number of benzene rings is 1. The Morgan fingerprint density at radius 2 is 2.22 bits per heavy atom. The average molecular weight is 312 g/mol. The fourth-order valence-corrected chi connectivity index (χ4v) is 2.44. The molecule has 1 N–H and O–H groups in total. The lowest BCUT2D eigenvalue weighted by molar-refractivity contribution is -0.123. The van der Waals surface area contributed by atoms with E-state index in [2.05, 4.69) is 23.2 Å². The molecule has 0 spiro atoms. The van der Waals surface area contributed by atoms with Crippen LogP contribution in [0.2, 0.25) is 0 Å². The lowest BCUT2D eigenvalue weighted by Gasteiger charge is -2.22. The standard InChI is InChI=1S/C19H24N2O2/c1-13(2)16-9-8-15(4)18(11-16)20-21-19(22)12-23-17-7-5-6-14(3)10-17/h5-8,10,16H,1,9,11-12H2,2-4H3,(H,21,22)/b20-18-. The highest BCUT2D eigenvalue weighted by Crippen LogP contribution is 2.26. The lowest BCUT2D eigenvalue weighted by Crippen LogP contribution is -2.27.